The summed E-state index contributed by atoms with van der Waals surface area (Å²) in [5.41, 5.74) is 3.09. The number of nitrogens with zero attached hydrogens (tertiary/aromatic N) is 5. The minimum atomic E-state index is -0.582. The topological polar surface area (TPSA) is 105 Å². The standard InChI is InChI=1S/C26H36N6O3/c33-14-13-30-9-6-21(7-10-30)29-25-15-22(27-18-28-25)26(35)32-12-8-23(24(34)17-32)31-11-5-19-3-1-2-4-20(19)16-31/h1-4,15,18,21,23-24,33-34H,5-14,16-17H2,(H,27,28,29)/t23-,24-/m1/s1. The van der Waals surface area contributed by atoms with Crippen LogP contribution in [-0.4, -0.2) is 105 Å². The monoisotopic (exact) mass is 480 g/mol. The number of piperidine rings is 2. The number of aliphatic hydroxyl groups excluding tert-OH is 2. The summed E-state index contributed by atoms with van der Waals surface area (Å²) in [6.07, 6.45) is 4.53. The van der Waals surface area contributed by atoms with E-state index in [2.05, 4.69) is 49.4 Å². The lowest BCUT2D eigenvalue weighted by molar-refractivity contribution is -0.0139. The molecule has 3 aliphatic heterocycles. The Morgan fingerprint density at radius 2 is 1.86 bits per heavy atom. The molecule has 3 N–H and O–H groups in total. The van der Waals surface area contributed by atoms with Crippen molar-refractivity contribution in [3.8, 4) is 0 Å². The number of carbonyl (C=O) groups is 1. The van der Waals surface area contributed by atoms with Crippen molar-refractivity contribution in [3.63, 3.8) is 0 Å². The van der Waals surface area contributed by atoms with Gasteiger partial charge in [-0.3, -0.25) is 9.69 Å². The van der Waals surface area contributed by atoms with E-state index in [1.807, 2.05) is 0 Å². The van der Waals surface area contributed by atoms with Crippen LogP contribution in [0.3, 0.4) is 0 Å². The van der Waals surface area contributed by atoms with E-state index in [-0.39, 0.29) is 24.6 Å². The third kappa shape index (κ3) is 5.64. The van der Waals surface area contributed by atoms with E-state index in [1.54, 1.807) is 11.0 Å². The second-order valence-corrected chi connectivity index (χ2v) is 9.94. The van der Waals surface area contributed by atoms with Crippen molar-refractivity contribution in [2.75, 3.05) is 51.2 Å². The van der Waals surface area contributed by atoms with Gasteiger partial charge in [0.1, 0.15) is 17.8 Å². The molecule has 0 unspecified atom stereocenters. The normalized spacial score (nSPS) is 24.2. The third-order valence-electron chi connectivity index (χ3n) is 7.70. The van der Waals surface area contributed by atoms with Crippen LogP contribution in [0.5, 0.6) is 0 Å². The average molecular weight is 481 g/mol. The molecule has 2 fully saturated rings. The van der Waals surface area contributed by atoms with Gasteiger partial charge in [-0.2, -0.15) is 0 Å². The van der Waals surface area contributed by atoms with Gasteiger partial charge in [0.25, 0.3) is 5.91 Å². The smallest absolute Gasteiger partial charge is 0.272 e. The molecule has 0 spiro atoms. The first kappa shape index (κ1) is 24.1. The number of β-amino-alcohol motifs (C(OH)–C–C–N with tert-alkyl or cyclic N) is 2. The van der Waals surface area contributed by atoms with Crippen molar-refractivity contribution >= 4 is 11.7 Å². The minimum Gasteiger partial charge on any atom is -0.395 e. The fourth-order valence-electron chi connectivity index (χ4n) is 5.70. The molecule has 188 valence electrons. The quantitative estimate of drug-likeness (QED) is 0.562. The van der Waals surface area contributed by atoms with E-state index in [9.17, 15) is 9.90 Å². The molecule has 0 radical (unpaired) electrons. The van der Waals surface area contributed by atoms with Crippen molar-refractivity contribution in [3.05, 3.63) is 53.5 Å². The number of nitrogens with one attached hydrogen (secondary N) is 1. The number of benzene rings is 1. The summed E-state index contributed by atoms with van der Waals surface area (Å²) in [5, 5.41) is 23.5. The fraction of sp³-hybridized carbons (Fsp3) is 0.577. The van der Waals surface area contributed by atoms with Crippen LogP contribution in [0.15, 0.2) is 36.7 Å². The molecule has 0 bridgehead atoms. The number of hydrogen-bond donors (Lipinski definition) is 3. The van der Waals surface area contributed by atoms with Crippen molar-refractivity contribution < 1.29 is 15.0 Å². The van der Waals surface area contributed by atoms with Crippen LogP contribution in [0.4, 0.5) is 5.82 Å². The Labute approximate surface area is 206 Å². The molecule has 2 saturated heterocycles. The number of likely N-dealkylation sites (tertiary alicyclic amines) is 2. The highest BCUT2D eigenvalue weighted by Gasteiger charge is 2.35. The Kier molecular flexibility index (Phi) is 7.57. The van der Waals surface area contributed by atoms with Gasteiger partial charge in [-0.25, -0.2) is 9.97 Å². The molecule has 4 heterocycles. The molecule has 3 aliphatic rings. The van der Waals surface area contributed by atoms with Crippen molar-refractivity contribution in [2.45, 2.75) is 50.4 Å². The Morgan fingerprint density at radius 3 is 2.63 bits per heavy atom. The molecule has 0 aliphatic carbocycles. The van der Waals surface area contributed by atoms with Gasteiger partial charge in [-0.1, -0.05) is 24.3 Å². The van der Waals surface area contributed by atoms with Gasteiger partial charge in [0.2, 0.25) is 0 Å². The van der Waals surface area contributed by atoms with Crippen LogP contribution >= 0.6 is 0 Å². The highest BCUT2D eigenvalue weighted by atomic mass is 16.3. The second-order valence-electron chi connectivity index (χ2n) is 9.94. The molecular formula is C26H36N6O3. The molecule has 2 aromatic rings. The summed E-state index contributed by atoms with van der Waals surface area (Å²) in [6, 6.07) is 10.6. The zero-order valence-corrected chi connectivity index (χ0v) is 20.2. The van der Waals surface area contributed by atoms with Crippen molar-refractivity contribution in [1.29, 1.82) is 0 Å². The maximum absolute atomic E-state index is 13.2. The van der Waals surface area contributed by atoms with Gasteiger partial charge < -0.3 is 25.3 Å². The van der Waals surface area contributed by atoms with E-state index in [0.29, 0.717) is 31.1 Å². The number of amides is 1. The second kappa shape index (κ2) is 11.0. The molecule has 1 aromatic carbocycles. The van der Waals surface area contributed by atoms with E-state index in [1.165, 1.54) is 17.5 Å². The number of aromatic nitrogens is 2. The van der Waals surface area contributed by atoms with Crippen LogP contribution in [-0.2, 0) is 13.0 Å². The highest BCUT2D eigenvalue weighted by Crippen LogP contribution is 2.26. The predicted octanol–water partition coefficient (Wildman–Crippen LogP) is 0.979. The van der Waals surface area contributed by atoms with Crippen LogP contribution in [0, 0.1) is 0 Å². The van der Waals surface area contributed by atoms with Gasteiger partial charge >= 0.3 is 0 Å². The van der Waals surface area contributed by atoms with Gasteiger partial charge in [0.15, 0.2) is 0 Å². The van der Waals surface area contributed by atoms with Gasteiger partial charge in [-0.15, -0.1) is 0 Å². The van der Waals surface area contributed by atoms with Crippen molar-refractivity contribution in [2.24, 2.45) is 0 Å². The van der Waals surface area contributed by atoms with E-state index >= 15 is 0 Å². The first-order chi connectivity index (χ1) is 17.1. The predicted molar refractivity (Wildman–Crippen MR) is 133 cm³/mol. The number of hydrogen-bond acceptors (Lipinski definition) is 8. The molecule has 0 saturated carbocycles. The maximum atomic E-state index is 13.2. The molecular weight excluding hydrogens is 444 g/mol. The van der Waals surface area contributed by atoms with Crippen LogP contribution in [0.1, 0.15) is 40.9 Å². The molecule has 1 amide bonds. The Bertz CT molecular complexity index is 1010. The number of anilines is 1. The van der Waals surface area contributed by atoms with Crippen LogP contribution < -0.4 is 5.32 Å². The molecule has 2 atom stereocenters. The Morgan fingerprint density at radius 1 is 1.06 bits per heavy atom. The molecule has 5 rings (SSSR count). The first-order valence-electron chi connectivity index (χ1n) is 12.8. The summed E-state index contributed by atoms with van der Waals surface area (Å²) in [7, 11) is 0. The molecule has 35 heavy (non-hydrogen) atoms. The largest absolute Gasteiger partial charge is 0.395 e. The van der Waals surface area contributed by atoms with E-state index in [4.69, 9.17) is 5.11 Å². The summed E-state index contributed by atoms with van der Waals surface area (Å²) in [6.45, 7) is 5.49. The van der Waals surface area contributed by atoms with E-state index in [0.717, 1.165) is 51.9 Å². The minimum absolute atomic E-state index is 0.0618. The molecule has 9 heteroatoms. The zero-order valence-electron chi connectivity index (χ0n) is 20.2. The lowest BCUT2D eigenvalue weighted by Crippen LogP contribution is -2.56. The van der Waals surface area contributed by atoms with Gasteiger partial charge in [-0.05, 0) is 36.8 Å². The lowest BCUT2D eigenvalue weighted by Gasteiger charge is -2.43. The van der Waals surface area contributed by atoms with Crippen LogP contribution in [0.25, 0.3) is 0 Å². The fourth-order valence-corrected chi connectivity index (χ4v) is 5.70. The van der Waals surface area contributed by atoms with E-state index < -0.39 is 6.10 Å². The zero-order chi connectivity index (χ0) is 24.2. The first-order valence-corrected chi connectivity index (χ1v) is 12.8. The Hall–Kier alpha value is -2.59. The van der Waals surface area contributed by atoms with Crippen LogP contribution in [0.2, 0.25) is 0 Å². The third-order valence-corrected chi connectivity index (χ3v) is 7.70. The number of fused-ring (bicyclic) bond motifs is 1. The average Bonchev–Trinajstić information content (AvgIpc) is 2.89. The molecule has 9 nitrogen and oxygen atoms in total. The maximum Gasteiger partial charge on any atom is 0.272 e. The summed E-state index contributed by atoms with van der Waals surface area (Å²) in [4.78, 5) is 28.1. The summed E-state index contributed by atoms with van der Waals surface area (Å²) < 4.78 is 0. The van der Waals surface area contributed by atoms with Gasteiger partial charge in [0.05, 0.1) is 12.7 Å². The van der Waals surface area contributed by atoms with Gasteiger partial charge in [0, 0.05) is 64.0 Å². The lowest BCUT2D eigenvalue weighted by atomic mass is 9.94. The van der Waals surface area contributed by atoms with Crippen molar-refractivity contribution in [1.82, 2.24) is 24.7 Å². The molecule has 1 aromatic heterocycles. The number of aliphatic hydroxyl groups is 2. The number of rotatable bonds is 6. The summed E-state index contributed by atoms with van der Waals surface area (Å²) in [5.74, 6) is 0.501. The SMILES string of the molecule is O=C(c1cc(NC2CCN(CCO)CC2)ncn1)N1CC[C@@H](N2CCc3ccccc3C2)[C@H](O)C1. The number of carbonyl (C=O) groups excluding carboxylic acids is 1. The summed E-state index contributed by atoms with van der Waals surface area (Å²) >= 11 is 0. The highest BCUT2D eigenvalue weighted by molar-refractivity contribution is 5.93. The Balaban J connectivity index is 1.16.